The first-order valence-electron chi connectivity index (χ1n) is 5.70. The van der Waals surface area contributed by atoms with E-state index in [2.05, 4.69) is 4.74 Å². The van der Waals surface area contributed by atoms with Crippen molar-refractivity contribution in [2.24, 2.45) is 17.8 Å². The molecular formula is C11H19NO3. The number of amides is 1. The molecule has 2 fully saturated rings. The lowest BCUT2D eigenvalue weighted by atomic mass is 9.81. The van der Waals surface area contributed by atoms with Gasteiger partial charge in [-0.3, -0.25) is 0 Å². The van der Waals surface area contributed by atoms with E-state index in [1.54, 1.807) is 4.90 Å². The molecular weight excluding hydrogens is 194 g/mol. The molecule has 1 heterocycles. The fourth-order valence-corrected chi connectivity index (χ4v) is 2.59. The van der Waals surface area contributed by atoms with Crippen molar-refractivity contribution in [3.63, 3.8) is 0 Å². The van der Waals surface area contributed by atoms with Crippen LogP contribution in [0.15, 0.2) is 0 Å². The van der Waals surface area contributed by atoms with Gasteiger partial charge in [-0.25, -0.2) is 4.79 Å². The van der Waals surface area contributed by atoms with Gasteiger partial charge in [-0.1, -0.05) is 0 Å². The van der Waals surface area contributed by atoms with Crippen molar-refractivity contribution >= 4 is 6.09 Å². The van der Waals surface area contributed by atoms with Gasteiger partial charge in [0.2, 0.25) is 0 Å². The van der Waals surface area contributed by atoms with Crippen LogP contribution >= 0.6 is 0 Å². The molecule has 1 atom stereocenters. The predicted molar refractivity (Wildman–Crippen MR) is 55.4 cm³/mol. The van der Waals surface area contributed by atoms with Crippen LogP contribution < -0.4 is 0 Å². The third kappa shape index (κ3) is 2.25. The lowest BCUT2D eigenvalue weighted by Crippen LogP contribution is -2.53. The molecule has 0 aromatic rings. The second kappa shape index (κ2) is 4.39. The van der Waals surface area contributed by atoms with E-state index in [9.17, 15) is 4.79 Å². The molecule has 1 N–H and O–H groups in total. The number of carbonyl (C=O) groups excluding carboxylic acids is 1. The molecule has 1 saturated carbocycles. The lowest BCUT2D eigenvalue weighted by molar-refractivity contribution is 0.0321. The van der Waals surface area contributed by atoms with E-state index in [-0.39, 0.29) is 12.7 Å². The maximum absolute atomic E-state index is 11.2. The van der Waals surface area contributed by atoms with E-state index in [1.807, 2.05) is 0 Å². The molecule has 0 radical (unpaired) electrons. The Balaban J connectivity index is 1.78. The Morgan fingerprint density at radius 3 is 2.60 bits per heavy atom. The Morgan fingerprint density at radius 2 is 2.13 bits per heavy atom. The molecule has 1 amide bonds. The SMILES string of the molecule is COC(=O)N1CC(C(CCO)C2CC2)C1. The molecule has 86 valence electrons. The summed E-state index contributed by atoms with van der Waals surface area (Å²) in [7, 11) is 1.42. The van der Waals surface area contributed by atoms with Crippen molar-refractivity contribution in [3.8, 4) is 0 Å². The zero-order valence-corrected chi connectivity index (χ0v) is 9.19. The highest BCUT2D eigenvalue weighted by molar-refractivity contribution is 5.68. The quantitative estimate of drug-likeness (QED) is 0.760. The molecule has 1 aliphatic heterocycles. The van der Waals surface area contributed by atoms with E-state index >= 15 is 0 Å². The number of hydrogen-bond acceptors (Lipinski definition) is 3. The second-order valence-electron chi connectivity index (χ2n) is 4.65. The number of hydrogen-bond donors (Lipinski definition) is 1. The maximum Gasteiger partial charge on any atom is 0.409 e. The molecule has 0 bridgehead atoms. The minimum atomic E-state index is -0.218. The molecule has 0 spiro atoms. The van der Waals surface area contributed by atoms with Gasteiger partial charge in [0.1, 0.15) is 0 Å². The van der Waals surface area contributed by atoms with Gasteiger partial charge in [0.15, 0.2) is 0 Å². The molecule has 1 saturated heterocycles. The Bertz CT molecular complexity index is 234. The van der Waals surface area contributed by atoms with Crippen LogP contribution in [0.2, 0.25) is 0 Å². The summed E-state index contributed by atoms with van der Waals surface area (Å²) in [6.45, 7) is 1.90. The smallest absolute Gasteiger partial charge is 0.409 e. The fraction of sp³-hybridized carbons (Fsp3) is 0.909. The Hall–Kier alpha value is -0.770. The highest BCUT2D eigenvalue weighted by Crippen LogP contribution is 2.44. The predicted octanol–water partition coefficient (Wildman–Crippen LogP) is 1.09. The van der Waals surface area contributed by atoms with Crippen LogP contribution in [-0.4, -0.2) is 42.9 Å². The normalized spacial score (nSPS) is 23.5. The van der Waals surface area contributed by atoms with Crippen molar-refractivity contribution in [2.45, 2.75) is 19.3 Å². The summed E-state index contributed by atoms with van der Waals surface area (Å²) >= 11 is 0. The lowest BCUT2D eigenvalue weighted by Gasteiger charge is -2.42. The summed E-state index contributed by atoms with van der Waals surface area (Å²) in [6, 6.07) is 0. The summed E-state index contributed by atoms with van der Waals surface area (Å²) in [5.74, 6) is 2.02. The van der Waals surface area contributed by atoms with Crippen LogP contribution in [0.4, 0.5) is 4.79 Å². The standard InChI is InChI=1S/C11H19NO3/c1-15-11(14)12-6-9(7-12)10(4-5-13)8-2-3-8/h8-10,13H,2-7H2,1H3. The van der Waals surface area contributed by atoms with E-state index in [1.165, 1.54) is 20.0 Å². The molecule has 1 unspecified atom stereocenters. The number of rotatable bonds is 4. The molecule has 1 aliphatic carbocycles. The number of carbonyl (C=O) groups is 1. The summed E-state index contributed by atoms with van der Waals surface area (Å²) in [6.07, 6.45) is 3.29. The molecule has 15 heavy (non-hydrogen) atoms. The van der Waals surface area contributed by atoms with E-state index in [0.29, 0.717) is 11.8 Å². The first kappa shape index (κ1) is 10.7. The highest BCUT2D eigenvalue weighted by atomic mass is 16.5. The molecule has 4 heteroatoms. The summed E-state index contributed by atoms with van der Waals surface area (Å²) in [5.41, 5.74) is 0. The van der Waals surface area contributed by atoms with Gasteiger partial charge in [0.05, 0.1) is 7.11 Å². The van der Waals surface area contributed by atoms with Crippen molar-refractivity contribution < 1.29 is 14.6 Å². The van der Waals surface area contributed by atoms with Gasteiger partial charge < -0.3 is 14.7 Å². The largest absolute Gasteiger partial charge is 0.453 e. The average Bonchev–Trinajstić information content (AvgIpc) is 2.97. The molecule has 2 aliphatic rings. The van der Waals surface area contributed by atoms with E-state index in [0.717, 1.165) is 25.4 Å². The van der Waals surface area contributed by atoms with Gasteiger partial charge in [-0.05, 0) is 37.0 Å². The third-order valence-electron chi connectivity index (χ3n) is 3.64. The number of likely N-dealkylation sites (tertiary alicyclic amines) is 1. The number of nitrogens with zero attached hydrogens (tertiary/aromatic N) is 1. The van der Waals surface area contributed by atoms with Gasteiger partial charge >= 0.3 is 6.09 Å². The minimum Gasteiger partial charge on any atom is -0.453 e. The zero-order valence-electron chi connectivity index (χ0n) is 9.19. The monoisotopic (exact) mass is 213 g/mol. The van der Waals surface area contributed by atoms with Crippen LogP contribution in [0.3, 0.4) is 0 Å². The summed E-state index contributed by atoms with van der Waals surface area (Å²) in [4.78, 5) is 12.9. The number of ether oxygens (including phenoxy) is 1. The topological polar surface area (TPSA) is 49.8 Å². The van der Waals surface area contributed by atoms with Gasteiger partial charge in [-0.15, -0.1) is 0 Å². The molecule has 0 aromatic carbocycles. The van der Waals surface area contributed by atoms with E-state index in [4.69, 9.17) is 5.11 Å². The minimum absolute atomic E-state index is 0.218. The van der Waals surface area contributed by atoms with Crippen LogP contribution in [0.1, 0.15) is 19.3 Å². The fourth-order valence-electron chi connectivity index (χ4n) is 2.59. The van der Waals surface area contributed by atoms with Crippen molar-refractivity contribution in [2.75, 3.05) is 26.8 Å². The Labute approximate surface area is 90.2 Å². The summed E-state index contributed by atoms with van der Waals surface area (Å²) in [5, 5.41) is 9.00. The second-order valence-corrected chi connectivity index (χ2v) is 4.65. The first-order valence-corrected chi connectivity index (χ1v) is 5.70. The van der Waals surface area contributed by atoms with Crippen LogP contribution in [0.25, 0.3) is 0 Å². The van der Waals surface area contributed by atoms with Crippen molar-refractivity contribution in [1.29, 1.82) is 0 Å². The van der Waals surface area contributed by atoms with Crippen LogP contribution in [0.5, 0.6) is 0 Å². The Morgan fingerprint density at radius 1 is 1.47 bits per heavy atom. The highest BCUT2D eigenvalue weighted by Gasteiger charge is 2.42. The van der Waals surface area contributed by atoms with Crippen molar-refractivity contribution in [1.82, 2.24) is 4.90 Å². The van der Waals surface area contributed by atoms with E-state index < -0.39 is 0 Å². The molecule has 2 rings (SSSR count). The average molecular weight is 213 g/mol. The van der Waals surface area contributed by atoms with Crippen molar-refractivity contribution in [3.05, 3.63) is 0 Å². The number of methoxy groups -OCH3 is 1. The molecule has 4 nitrogen and oxygen atoms in total. The Kier molecular flexibility index (Phi) is 3.14. The first-order chi connectivity index (χ1) is 7.26. The van der Waals surface area contributed by atoms with Crippen LogP contribution in [-0.2, 0) is 4.74 Å². The number of aliphatic hydroxyl groups is 1. The number of aliphatic hydroxyl groups excluding tert-OH is 1. The zero-order chi connectivity index (χ0) is 10.8. The summed E-state index contributed by atoms with van der Waals surface area (Å²) < 4.78 is 4.66. The maximum atomic E-state index is 11.2. The van der Waals surface area contributed by atoms with Gasteiger partial charge in [0, 0.05) is 19.7 Å². The molecule has 0 aromatic heterocycles. The van der Waals surface area contributed by atoms with Gasteiger partial charge in [0.25, 0.3) is 0 Å². The van der Waals surface area contributed by atoms with Gasteiger partial charge in [-0.2, -0.15) is 0 Å². The third-order valence-corrected chi connectivity index (χ3v) is 3.64. The van der Waals surface area contributed by atoms with Crippen LogP contribution in [0, 0.1) is 17.8 Å².